The van der Waals surface area contributed by atoms with E-state index in [4.69, 9.17) is 9.47 Å². The van der Waals surface area contributed by atoms with E-state index < -0.39 is 6.04 Å². The molecular weight excluding hydrogens is 428 g/mol. The maximum Gasteiger partial charge on any atom is 0.259 e. The number of thioether (sulfide) groups is 1. The second-order valence-electron chi connectivity index (χ2n) is 7.63. The lowest BCUT2D eigenvalue weighted by molar-refractivity contribution is -0.125. The molecule has 1 atom stereocenters. The van der Waals surface area contributed by atoms with Crippen molar-refractivity contribution in [2.24, 2.45) is 15.9 Å². The summed E-state index contributed by atoms with van der Waals surface area (Å²) in [6.07, 6.45) is 0. The van der Waals surface area contributed by atoms with Crippen LogP contribution in [-0.2, 0) is 9.59 Å². The molecule has 2 aliphatic heterocycles. The van der Waals surface area contributed by atoms with E-state index in [-0.39, 0.29) is 23.5 Å². The average molecular weight is 453 g/mol. The average Bonchev–Trinajstić information content (AvgIpc) is 3.15. The van der Waals surface area contributed by atoms with Gasteiger partial charge in [0.25, 0.3) is 5.91 Å². The number of hydrogen-bond acceptors (Lipinski definition) is 7. The van der Waals surface area contributed by atoms with Gasteiger partial charge in [-0.05, 0) is 30.2 Å². The van der Waals surface area contributed by atoms with Gasteiger partial charge in [0.1, 0.15) is 23.4 Å². The maximum absolute atomic E-state index is 13.1. The van der Waals surface area contributed by atoms with Gasteiger partial charge in [0.15, 0.2) is 5.17 Å². The Morgan fingerprint density at radius 2 is 1.97 bits per heavy atom. The first-order chi connectivity index (χ1) is 15.4. The van der Waals surface area contributed by atoms with E-state index in [9.17, 15) is 9.59 Å². The molecule has 0 bridgehead atoms. The van der Waals surface area contributed by atoms with Crippen LogP contribution in [0.1, 0.15) is 19.4 Å². The van der Waals surface area contributed by atoms with Crippen LogP contribution in [0, 0.1) is 5.92 Å². The maximum atomic E-state index is 13.1. The minimum Gasteiger partial charge on any atom is -0.497 e. The van der Waals surface area contributed by atoms with Gasteiger partial charge in [-0.1, -0.05) is 37.7 Å². The fraction of sp³-hybridized carbons (Fsp3) is 0.304. The molecule has 4 rings (SSSR count). The van der Waals surface area contributed by atoms with Crippen molar-refractivity contribution in [2.45, 2.75) is 19.9 Å². The lowest BCUT2D eigenvalue weighted by atomic mass is 10.1. The molecule has 2 amide bonds. The highest BCUT2D eigenvalue weighted by molar-refractivity contribution is 8.14. The Morgan fingerprint density at radius 1 is 1.19 bits per heavy atom. The van der Waals surface area contributed by atoms with Crippen molar-refractivity contribution >= 4 is 46.0 Å². The number of carbonyl (C=O) groups excluding carboxylic acids is 2. The predicted octanol–water partition coefficient (Wildman–Crippen LogP) is 3.69. The highest BCUT2D eigenvalue weighted by Crippen LogP contribution is 2.35. The summed E-state index contributed by atoms with van der Waals surface area (Å²) in [5, 5.41) is 3.29. The second kappa shape index (κ2) is 9.04. The van der Waals surface area contributed by atoms with Crippen LogP contribution in [0.4, 0.5) is 11.4 Å². The summed E-state index contributed by atoms with van der Waals surface area (Å²) < 4.78 is 10.5. The predicted molar refractivity (Wildman–Crippen MR) is 126 cm³/mol. The zero-order chi connectivity index (χ0) is 22.8. The van der Waals surface area contributed by atoms with E-state index in [1.807, 2.05) is 38.1 Å². The van der Waals surface area contributed by atoms with Gasteiger partial charge in [-0.25, -0.2) is 9.89 Å². The normalized spacial score (nSPS) is 16.8. The fourth-order valence-corrected chi connectivity index (χ4v) is 4.32. The number of aliphatic imine (C=N–C) groups is 2. The molecule has 0 aliphatic carbocycles. The molecular formula is C23H24N4O4S. The molecule has 9 heteroatoms. The molecule has 2 aromatic carbocycles. The van der Waals surface area contributed by atoms with Crippen LogP contribution < -0.4 is 14.8 Å². The van der Waals surface area contributed by atoms with Crippen molar-refractivity contribution in [1.29, 1.82) is 0 Å². The summed E-state index contributed by atoms with van der Waals surface area (Å²) in [7, 11) is 3.09. The number of nitrogens with one attached hydrogen (secondary N) is 1. The monoisotopic (exact) mass is 452 g/mol. The number of benzene rings is 2. The van der Waals surface area contributed by atoms with Gasteiger partial charge < -0.3 is 14.8 Å². The van der Waals surface area contributed by atoms with E-state index in [2.05, 4.69) is 15.3 Å². The zero-order valence-electron chi connectivity index (χ0n) is 18.3. The minimum atomic E-state index is -0.459. The number of amides is 2. The molecule has 0 saturated heterocycles. The first-order valence-corrected chi connectivity index (χ1v) is 11.2. The first-order valence-electron chi connectivity index (χ1n) is 10.2. The molecule has 0 saturated carbocycles. The van der Waals surface area contributed by atoms with Crippen LogP contribution in [0.5, 0.6) is 11.5 Å². The fourth-order valence-electron chi connectivity index (χ4n) is 3.52. The standard InChI is InChI=1S/C23H24N4O4S/c1-13(2)20-22(29)27-21(26-20)15-7-5-6-8-16(15)25-23(27)32-12-19(28)24-17-10-9-14(30-3)11-18(17)31-4/h5-11,13,20H,12H2,1-4H3,(H,24,28). The van der Waals surface area contributed by atoms with Gasteiger partial charge in [0, 0.05) is 11.6 Å². The Bertz CT molecular complexity index is 1130. The van der Waals surface area contributed by atoms with Crippen molar-refractivity contribution < 1.29 is 19.1 Å². The summed E-state index contributed by atoms with van der Waals surface area (Å²) in [6, 6.07) is 12.3. The lowest BCUT2D eigenvalue weighted by Crippen LogP contribution is -2.42. The Labute approximate surface area is 190 Å². The largest absolute Gasteiger partial charge is 0.497 e. The van der Waals surface area contributed by atoms with Crippen LogP contribution in [0.15, 0.2) is 52.4 Å². The van der Waals surface area contributed by atoms with E-state index >= 15 is 0 Å². The molecule has 1 unspecified atom stereocenters. The molecule has 0 spiro atoms. The Hall–Kier alpha value is -3.33. The van der Waals surface area contributed by atoms with Gasteiger partial charge in [-0.15, -0.1) is 0 Å². The van der Waals surface area contributed by atoms with Gasteiger partial charge in [-0.3, -0.25) is 14.6 Å². The summed E-state index contributed by atoms with van der Waals surface area (Å²) in [4.78, 5) is 36.6. The third-order valence-corrected chi connectivity index (χ3v) is 6.08. The summed E-state index contributed by atoms with van der Waals surface area (Å²) >= 11 is 1.20. The quantitative estimate of drug-likeness (QED) is 0.722. The summed E-state index contributed by atoms with van der Waals surface area (Å²) in [6.45, 7) is 3.94. The third-order valence-electron chi connectivity index (χ3n) is 5.15. The number of ether oxygens (including phenoxy) is 2. The first kappa shape index (κ1) is 21.9. The number of fused-ring (bicyclic) bond motifs is 3. The Balaban J connectivity index is 1.53. The number of carbonyl (C=O) groups is 2. The number of para-hydroxylation sites is 1. The second-order valence-corrected chi connectivity index (χ2v) is 8.57. The van der Waals surface area contributed by atoms with E-state index in [1.54, 1.807) is 30.2 Å². The van der Waals surface area contributed by atoms with Gasteiger partial charge in [0.05, 0.1) is 31.3 Å². The number of nitrogens with zero attached hydrogens (tertiary/aromatic N) is 3. The Kier molecular flexibility index (Phi) is 6.18. The topological polar surface area (TPSA) is 92.6 Å². The number of anilines is 1. The van der Waals surface area contributed by atoms with Crippen molar-refractivity contribution in [2.75, 3.05) is 25.3 Å². The molecule has 0 radical (unpaired) electrons. The van der Waals surface area contributed by atoms with Crippen LogP contribution in [0.25, 0.3) is 0 Å². The van der Waals surface area contributed by atoms with Crippen molar-refractivity contribution in [1.82, 2.24) is 4.90 Å². The highest BCUT2D eigenvalue weighted by Gasteiger charge is 2.42. The van der Waals surface area contributed by atoms with Crippen molar-refractivity contribution in [3.05, 3.63) is 48.0 Å². The molecule has 1 N–H and O–H groups in total. The molecule has 32 heavy (non-hydrogen) atoms. The molecule has 166 valence electrons. The van der Waals surface area contributed by atoms with Crippen molar-refractivity contribution in [3.63, 3.8) is 0 Å². The highest BCUT2D eigenvalue weighted by atomic mass is 32.2. The number of amidine groups is 2. The summed E-state index contributed by atoms with van der Waals surface area (Å²) in [5.41, 5.74) is 2.09. The van der Waals surface area contributed by atoms with E-state index in [0.717, 1.165) is 11.3 Å². The van der Waals surface area contributed by atoms with Crippen LogP contribution in [0.2, 0.25) is 0 Å². The van der Waals surface area contributed by atoms with Crippen LogP contribution in [-0.4, -0.2) is 53.7 Å². The zero-order valence-corrected chi connectivity index (χ0v) is 19.1. The van der Waals surface area contributed by atoms with E-state index in [0.29, 0.717) is 28.2 Å². The minimum absolute atomic E-state index is 0.0600. The molecule has 0 fully saturated rings. The molecule has 2 aliphatic rings. The van der Waals surface area contributed by atoms with Crippen LogP contribution in [0.3, 0.4) is 0 Å². The van der Waals surface area contributed by atoms with Gasteiger partial charge in [-0.2, -0.15) is 0 Å². The smallest absolute Gasteiger partial charge is 0.259 e. The number of methoxy groups -OCH3 is 2. The van der Waals surface area contributed by atoms with Crippen LogP contribution >= 0.6 is 11.8 Å². The molecule has 0 aromatic heterocycles. The molecule has 2 heterocycles. The number of hydrogen-bond donors (Lipinski definition) is 1. The van der Waals surface area contributed by atoms with Crippen molar-refractivity contribution in [3.8, 4) is 11.5 Å². The SMILES string of the molecule is COc1ccc(NC(=O)CSC2=Nc3ccccc3C3=NC(C(C)C)C(=O)N23)c(OC)c1. The van der Waals surface area contributed by atoms with Gasteiger partial charge >= 0.3 is 0 Å². The molecule has 2 aromatic rings. The Morgan fingerprint density at radius 3 is 2.69 bits per heavy atom. The third kappa shape index (κ3) is 4.08. The lowest BCUT2D eigenvalue weighted by Gasteiger charge is -2.25. The van der Waals surface area contributed by atoms with Gasteiger partial charge in [0.2, 0.25) is 5.91 Å². The number of rotatable bonds is 6. The summed E-state index contributed by atoms with van der Waals surface area (Å²) in [5.74, 6) is 1.49. The van der Waals surface area contributed by atoms with E-state index in [1.165, 1.54) is 18.9 Å². The molecule has 8 nitrogen and oxygen atoms in total.